The second kappa shape index (κ2) is 10.9. The molecule has 0 unspecified atom stereocenters. The molecule has 0 saturated carbocycles. The molecule has 0 aliphatic carbocycles. The third kappa shape index (κ3) is 7.16. The van der Waals surface area contributed by atoms with Crippen molar-refractivity contribution in [1.82, 2.24) is 4.98 Å². The van der Waals surface area contributed by atoms with Gasteiger partial charge in [-0.05, 0) is 56.2 Å². The summed E-state index contributed by atoms with van der Waals surface area (Å²) in [7, 11) is 0. The van der Waals surface area contributed by atoms with Crippen LogP contribution in [0.25, 0.3) is 6.08 Å². The minimum Gasteiger partial charge on any atom is -0.462 e. The van der Waals surface area contributed by atoms with Gasteiger partial charge in [-0.15, -0.1) is 0 Å². The Hall–Kier alpha value is -3.48. The monoisotopic (exact) mass is 411 g/mol. The van der Waals surface area contributed by atoms with Gasteiger partial charge in [0.2, 0.25) is 0 Å². The lowest BCUT2D eigenvalue weighted by atomic mass is 9.91. The van der Waals surface area contributed by atoms with Gasteiger partial charge in [-0.3, -0.25) is 9.78 Å². The number of nitrogens with zero attached hydrogens (tertiary/aromatic N) is 1. The average molecular weight is 411 g/mol. The molecule has 2 aromatic rings. The molecule has 0 spiro atoms. The van der Waals surface area contributed by atoms with E-state index in [4.69, 9.17) is 14.2 Å². The molecule has 30 heavy (non-hydrogen) atoms. The second-order valence-electron chi connectivity index (χ2n) is 7.07. The first-order valence-electron chi connectivity index (χ1n) is 9.56. The highest BCUT2D eigenvalue weighted by Crippen LogP contribution is 2.21. The number of pyridine rings is 1. The number of rotatable bonds is 9. The summed E-state index contributed by atoms with van der Waals surface area (Å²) in [5.74, 6) is -0.993. The molecule has 0 N–H and O–H groups in total. The highest BCUT2D eigenvalue weighted by Gasteiger charge is 2.26. The van der Waals surface area contributed by atoms with E-state index in [1.807, 2.05) is 6.92 Å². The van der Waals surface area contributed by atoms with Crippen molar-refractivity contribution in [2.45, 2.75) is 27.2 Å². The van der Waals surface area contributed by atoms with Crippen LogP contribution in [0.4, 0.5) is 0 Å². The van der Waals surface area contributed by atoms with Crippen molar-refractivity contribution >= 4 is 24.0 Å². The Morgan fingerprint density at radius 2 is 1.73 bits per heavy atom. The van der Waals surface area contributed by atoms with Gasteiger partial charge in [0.05, 0.1) is 11.0 Å². The minimum absolute atomic E-state index is 0.0127. The molecular weight excluding hydrogens is 386 g/mol. The normalized spacial score (nSPS) is 11.2. The van der Waals surface area contributed by atoms with Crippen LogP contribution in [0.15, 0.2) is 54.9 Å². The summed E-state index contributed by atoms with van der Waals surface area (Å²) in [4.78, 5) is 39.4. The molecule has 1 aromatic heterocycles. The van der Waals surface area contributed by atoms with Crippen LogP contribution in [0.2, 0.25) is 0 Å². The Labute approximate surface area is 175 Å². The van der Waals surface area contributed by atoms with Gasteiger partial charge in [-0.1, -0.05) is 19.1 Å². The van der Waals surface area contributed by atoms with Crippen LogP contribution in [-0.4, -0.2) is 36.1 Å². The third-order valence-electron chi connectivity index (χ3n) is 4.40. The topological polar surface area (TPSA) is 91.8 Å². The first-order valence-corrected chi connectivity index (χ1v) is 9.56. The maximum absolute atomic E-state index is 12.0. The van der Waals surface area contributed by atoms with E-state index in [2.05, 4.69) is 4.98 Å². The van der Waals surface area contributed by atoms with Gasteiger partial charge in [0.25, 0.3) is 0 Å². The van der Waals surface area contributed by atoms with Crippen LogP contribution in [0.5, 0.6) is 5.75 Å². The van der Waals surface area contributed by atoms with E-state index in [1.54, 1.807) is 62.5 Å². The van der Waals surface area contributed by atoms with E-state index in [0.717, 1.165) is 5.56 Å². The molecular formula is C23H25NO6. The zero-order valence-corrected chi connectivity index (χ0v) is 17.3. The number of hydrogen-bond acceptors (Lipinski definition) is 7. The number of esters is 3. The molecule has 158 valence electrons. The molecule has 0 amide bonds. The molecule has 0 aliphatic heterocycles. The van der Waals surface area contributed by atoms with Gasteiger partial charge in [-0.25, -0.2) is 9.59 Å². The van der Waals surface area contributed by atoms with Crippen molar-refractivity contribution in [3.05, 3.63) is 66.0 Å². The molecule has 7 heteroatoms. The molecule has 0 saturated heterocycles. The lowest BCUT2D eigenvalue weighted by molar-refractivity contribution is -0.157. The van der Waals surface area contributed by atoms with E-state index in [0.29, 0.717) is 17.7 Å². The number of aromatic nitrogens is 1. The van der Waals surface area contributed by atoms with Gasteiger partial charge in [0.15, 0.2) is 0 Å². The summed E-state index contributed by atoms with van der Waals surface area (Å²) in [5.41, 5.74) is 0.528. The molecule has 2 rings (SSSR count). The van der Waals surface area contributed by atoms with Crippen LogP contribution < -0.4 is 4.74 Å². The highest BCUT2D eigenvalue weighted by atomic mass is 16.6. The minimum atomic E-state index is -0.553. The van der Waals surface area contributed by atoms with E-state index < -0.39 is 17.4 Å². The molecule has 0 bridgehead atoms. The van der Waals surface area contributed by atoms with E-state index in [9.17, 15) is 14.4 Å². The van der Waals surface area contributed by atoms with Gasteiger partial charge in [0, 0.05) is 18.5 Å². The fraction of sp³-hybridized carbons (Fsp3) is 0.304. The number of benzene rings is 1. The van der Waals surface area contributed by atoms with Crippen LogP contribution in [0, 0.1) is 5.41 Å². The number of carbonyl (C=O) groups is 3. The SMILES string of the molecule is CCC(C)(C)C(=O)OCCOC(=O)/C=C/c1ccc(OC(=O)c2cccnc2)cc1. The van der Waals surface area contributed by atoms with Crippen molar-refractivity contribution in [2.75, 3.05) is 13.2 Å². The van der Waals surface area contributed by atoms with Crippen molar-refractivity contribution in [2.24, 2.45) is 5.41 Å². The van der Waals surface area contributed by atoms with Crippen molar-refractivity contribution in [1.29, 1.82) is 0 Å². The zero-order chi connectivity index (χ0) is 22.0. The summed E-state index contributed by atoms with van der Waals surface area (Å²) in [6.45, 7) is 5.50. The maximum Gasteiger partial charge on any atom is 0.345 e. The van der Waals surface area contributed by atoms with Gasteiger partial charge >= 0.3 is 17.9 Å². The van der Waals surface area contributed by atoms with Crippen LogP contribution in [0.3, 0.4) is 0 Å². The standard InChI is InChI=1S/C23H25NO6/c1-4-23(2,3)22(27)29-15-14-28-20(25)12-9-17-7-10-19(11-8-17)30-21(26)18-6-5-13-24-16-18/h5-13,16H,4,14-15H2,1-3H3/b12-9+. The summed E-state index contributed by atoms with van der Waals surface area (Å²) >= 11 is 0. The highest BCUT2D eigenvalue weighted by molar-refractivity contribution is 5.90. The van der Waals surface area contributed by atoms with Gasteiger partial charge in [-0.2, -0.15) is 0 Å². The summed E-state index contributed by atoms with van der Waals surface area (Å²) < 4.78 is 15.4. The maximum atomic E-state index is 12.0. The summed E-state index contributed by atoms with van der Waals surface area (Å²) in [6.07, 6.45) is 6.50. The molecule has 0 atom stereocenters. The van der Waals surface area contributed by atoms with Gasteiger partial charge < -0.3 is 14.2 Å². The Balaban J connectivity index is 1.76. The predicted octanol–water partition coefficient (Wildman–Crippen LogP) is 3.84. The lowest BCUT2D eigenvalue weighted by Gasteiger charge is -2.20. The van der Waals surface area contributed by atoms with Crippen LogP contribution in [-0.2, 0) is 19.1 Å². The second-order valence-corrected chi connectivity index (χ2v) is 7.07. The zero-order valence-electron chi connectivity index (χ0n) is 17.3. The summed E-state index contributed by atoms with van der Waals surface area (Å²) in [5, 5.41) is 0. The van der Waals surface area contributed by atoms with Crippen molar-refractivity contribution in [3.8, 4) is 5.75 Å². The van der Waals surface area contributed by atoms with E-state index in [-0.39, 0.29) is 19.2 Å². The van der Waals surface area contributed by atoms with Crippen molar-refractivity contribution < 1.29 is 28.6 Å². The first kappa shape index (κ1) is 22.8. The molecule has 0 aliphatic rings. The number of carbonyl (C=O) groups excluding carboxylic acids is 3. The number of ether oxygens (including phenoxy) is 3. The Kier molecular flexibility index (Phi) is 8.29. The van der Waals surface area contributed by atoms with Crippen molar-refractivity contribution in [3.63, 3.8) is 0 Å². The fourth-order valence-corrected chi connectivity index (χ4v) is 2.13. The molecule has 7 nitrogen and oxygen atoms in total. The predicted molar refractivity (Wildman–Crippen MR) is 111 cm³/mol. The third-order valence-corrected chi connectivity index (χ3v) is 4.40. The van der Waals surface area contributed by atoms with Crippen LogP contribution >= 0.6 is 0 Å². The Morgan fingerprint density at radius 1 is 1.03 bits per heavy atom. The van der Waals surface area contributed by atoms with E-state index >= 15 is 0 Å². The Bertz CT molecular complexity index is 888. The smallest absolute Gasteiger partial charge is 0.345 e. The van der Waals surface area contributed by atoms with Gasteiger partial charge in [0.1, 0.15) is 19.0 Å². The molecule has 0 radical (unpaired) electrons. The first-order chi connectivity index (χ1) is 14.3. The fourth-order valence-electron chi connectivity index (χ4n) is 2.13. The van der Waals surface area contributed by atoms with Crippen LogP contribution in [0.1, 0.15) is 43.1 Å². The van der Waals surface area contributed by atoms with E-state index in [1.165, 1.54) is 12.3 Å². The average Bonchev–Trinajstić information content (AvgIpc) is 2.76. The largest absolute Gasteiger partial charge is 0.462 e. The molecule has 1 heterocycles. The quantitative estimate of drug-likeness (QED) is 0.268. The summed E-state index contributed by atoms with van der Waals surface area (Å²) in [6, 6.07) is 9.90. The molecule has 1 aromatic carbocycles. The number of hydrogen-bond donors (Lipinski definition) is 0. The Morgan fingerprint density at radius 3 is 2.37 bits per heavy atom. The molecule has 0 fully saturated rings. The lowest BCUT2D eigenvalue weighted by Crippen LogP contribution is -2.27.